The maximum absolute atomic E-state index is 12.4. The minimum atomic E-state index is -0.278. The molecule has 0 aliphatic heterocycles. The summed E-state index contributed by atoms with van der Waals surface area (Å²) in [6.07, 6.45) is 0. The molecule has 0 heterocycles. The third kappa shape index (κ3) is 4.98. The summed E-state index contributed by atoms with van der Waals surface area (Å²) in [5.74, 6) is 0.740. The molecule has 0 bridgehead atoms. The van der Waals surface area contributed by atoms with E-state index in [1.807, 2.05) is 55.3 Å². The van der Waals surface area contributed by atoms with Gasteiger partial charge in [-0.3, -0.25) is 9.69 Å². The number of amides is 1. The summed E-state index contributed by atoms with van der Waals surface area (Å²) in [5, 5.41) is 3.48. The molecular weight excluding hydrogens is 312 g/mol. The van der Waals surface area contributed by atoms with Crippen LogP contribution < -0.4 is 10.1 Å². The van der Waals surface area contributed by atoms with Crippen LogP contribution in [0.3, 0.4) is 0 Å². The minimum Gasteiger partial charge on any atom is -0.497 e. The van der Waals surface area contributed by atoms with Crippen LogP contribution >= 0.6 is 11.6 Å². The van der Waals surface area contributed by atoms with Gasteiger partial charge in [0, 0.05) is 17.3 Å². The van der Waals surface area contributed by atoms with E-state index >= 15 is 0 Å². The number of benzene rings is 2. The highest BCUT2D eigenvalue weighted by molar-refractivity contribution is 6.30. The standard InChI is InChI=1S/C18H21ClN2O2/c1-13(18(22)20-16-8-5-7-15(19)11-16)21(2)12-14-6-4-9-17(10-14)23-3/h4-11,13H,12H2,1-3H3,(H,20,22). The first-order chi connectivity index (χ1) is 11.0. The fraction of sp³-hybridized carbons (Fsp3) is 0.278. The quantitative estimate of drug-likeness (QED) is 0.874. The molecule has 1 unspecified atom stereocenters. The summed E-state index contributed by atoms with van der Waals surface area (Å²) >= 11 is 5.93. The first kappa shape index (κ1) is 17.3. The van der Waals surface area contributed by atoms with E-state index in [0.29, 0.717) is 17.3 Å². The molecule has 1 N–H and O–H groups in total. The van der Waals surface area contributed by atoms with Gasteiger partial charge >= 0.3 is 0 Å². The van der Waals surface area contributed by atoms with E-state index in [2.05, 4.69) is 5.32 Å². The van der Waals surface area contributed by atoms with Gasteiger partial charge in [0.25, 0.3) is 0 Å². The Morgan fingerprint density at radius 3 is 2.70 bits per heavy atom. The molecule has 122 valence electrons. The van der Waals surface area contributed by atoms with Crippen LogP contribution in [0.1, 0.15) is 12.5 Å². The van der Waals surface area contributed by atoms with Gasteiger partial charge in [0.15, 0.2) is 0 Å². The topological polar surface area (TPSA) is 41.6 Å². The average molecular weight is 333 g/mol. The number of hydrogen-bond donors (Lipinski definition) is 1. The molecule has 0 fully saturated rings. The SMILES string of the molecule is COc1cccc(CN(C)C(C)C(=O)Nc2cccc(Cl)c2)c1. The number of anilines is 1. The van der Waals surface area contributed by atoms with Crippen molar-refractivity contribution in [3.05, 3.63) is 59.1 Å². The summed E-state index contributed by atoms with van der Waals surface area (Å²) in [4.78, 5) is 14.3. The number of nitrogens with zero attached hydrogens (tertiary/aromatic N) is 1. The fourth-order valence-electron chi connectivity index (χ4n) is 2.21. The second-order valence-corrected chi connectivity index (χ2v) is 5.88. The molecule has 4 nitrogen and oxygen atoms in total. The largest absolute Gasteiger partial charge is 0.497 e. The number of nitrogens with one attached hydrogen (secondary N) is 1. The third-order valence-corrected chi connectivity index (χ3v) is 3.93. The number of ether oxygens (including phenoxy) is 1. The summed E-state index contributed by atoms with van der Waals surface area (Å²) in [5.41, 5.74) is 1.79. The van der Waals surface area contributed by atoms with E-state index in [1.54, 1.807) is 19.2 Å². The zero-order chi connectivity index (χ0) is 16.8. The molecule has 2 aromatic rings. The lowest BCUT2D eigenvalue weighted by atomic mass is 10.1. The van der Waals surface area contributed by atoms with Crippen molar-refractivity contribution < 1.29 is 9.53 Å². The molecule has 2 rings (SSSR count). The smallest absolute Gasteiger partial charge is 0.241 e. The van der Waals surface area contributed by atoms with Crippen LogP contribution in [-0.4, -0.2) is 31.0 Å². The number of rotatable bonds is 6. The molecule has 0 saturated heterocycles. The molecule has 1 amide bonds. The summed E-state index contributed by atoms with van der Waals surface area (Å²) in [7, 11) is 3.56. The van der Waals surface area contributed by atoms with Gasteiger partial charge in [-0.05, 0) is 49.9 Å². The molecule has 0 spiro atoms. The van der Waals surface area contributed by atoms with Gasteiger partial charge in [-0.15, -0.1) is 0 Å². The minimum absolute atomic E-state index is 0.0716. The van der Waals surface area contributed by atoms with Crippen LogP contribution in [0.5, 0.6) is 5.75 Å². The van der Waals surface area contributed by atoms with Gasteiger partial charge in [-0.1, -0.05) is 29.8 Å². The van der Waals surface area contributed by atoms with Gasteiger partial charge in [0.1, 0.15) is 5.75 Å². The fourth-order valence-corrected chi connectivity index (χ4v) is 2.40. The van der Waals surface area contributed by atoms with Gasteiger partial charge < -0.3 is 10.1 Å². The first-order valence-electron chi connectivity index (χ1n) is 7.39. The van der Waals surface area contributed by atoms with E-state index < -0.39 is 0 Å². The summed E-state index contributed by atoms with van der Waals surface area (Å²) < 4.78 is 5.22. The second kappa shape index (κ2) is 7.99. The lowest BCUT2D eigenvalue weighted by Gasteiger charge is -2.24. The highest BCUT2D eigenvalue weighted by Crippen LogP contribution is 2.17. The van der Waals surface area contributed by atoms with E-state index in [9.17, 15) is 4.79 Å². The highest BCUT2D eigenvalue weighted by Gasteiger charge is 2.18. The number of halogens is 1. The van der Waals surface area contributed by atoms with Crippen molar-refractivity contribution in [3.8, 4) is 5.75 Å². The Bertz CT molecular complexity index is 676. The molecule has 2 aromatic carbocycles. The van der Waals surface area contributed by atoms with Crippen LogP contribution in [0.15, 0.2) is 48.5 Å². The predicted molar refractivity (Wildman–Crippen MR) is 94.0 cm³/mol. The van der Waals surface area contributed by atoms with Crippen LogP contribution in [0.25, 0.3) is 0 Å². The number of likely N-dealkylation sites (N-methyl/N-ethyl adjacent to an activating group) is 1. The van der Waals surface area contributed by atoms with Crippen LogP contribution in [0.4, 0.5) is 5.69 Å². The van der Waals surface area contributed by atoms with E-state index in [-0.39, 0.29) is 11.9 Å². The molecule has 0 aromatic heterocycles. The zero-order valence-corrected chi connectivity index (χ0v) is 14.3. The maximum Gasteiger partial charge on any atom is 0.241 e. The number of carbonyl (C=O) groups is 1. The number of carbonyl (C=O) groups excluding carboxylic acids is 1. The van der Waals surface area contributed by atoms with Crippen LogP contribution in [0.2, 0.25) is 5.02 Å². The predicted octanol–water partition coefficient (Wildman–Crippen LogP) is 3.81. The molecule has 23 heavy (non-hydrogen) atoms. The zero-order valence-electron chi connectivity index (χ0n) is 13.5. The van der Waals surface area contributed by atoms with Gasteiger partial charge in [0.2, 0.25) is 5.91 Å². The lowest BCUT2D eigenvalue weighted by Crippen LogP contribution is -2.39. The number of hydrogen-bond acceptors (Lipinski definition) is 3. The molecule has 1 atom stereocenters. The van der Waals surface area contributed by atoms with Crippen molar-refractivity contribution in [3.63, 3.8) is 0 Å². The molecule has 0 radical (unpaired) electrons. The Kier molecular flexibility index (Phi) is 6.02. The molecule has 0 aliphatic carbocycles. The molecule has 0 aliphatic rings. The monoisotopic (exact) mass is 332 g/mol. The average Bonchev–Trinajstić information content (AvgIpc) is 2.54. The van der Waals surface area contributed by atoms with Crippen LogP contribution in [-0.2, 0) is 11.3 Å². The summed E-state index contributed by atoms with van der Waals surface area (Å²) in [6, 6.07) is 14.7. The summed E-state index contributed by atoms with van der Waals surface area (Å²) in [6.45, 7) is 2.53. The van der Waals surface area contributed by atoms with E-state index in [4.69, 9.17) is 16.3 Å². The Morgan fingerprint density at radius 1 is 1.26 bits per heavy atom. The van der Waals surface area contributed by atoms with Crippen molar-refractivity contribution in [1.82, 2.24) is 4.90 Å². The van der Waals surface area contributed by atoms with Crippen molar-refractivity contribution in [2.45, 2.75) is 19.5 Å². The molecule has 0 saturated carbocycles. The molecular formula is C18H21ClN2O2. The van der Waals surface area contributed by atoms with Crippen molar-refractivity contribution in [2.75, 3.05) is 19.5 Å². The lowest BCUT2D eigenvalue weighted by molar-refractivity contribution is -0.120. The first-order valence-corrected chi connectivity index (χ1v) is 7.77. The third-order valence-electron chi connectivity index (χ3n) is 3.70. The Balaban J connectivity index is 1.98. The Hall–Kier alpha value is -2.04. The van der Waals surface area contributed by atoms with Gasteiger partial charge in [0.05, 0.1) is 13.2 Å². The van der Waals surface area contributed by atoms with Crippen molar-refractivity contribution in [1.29, 1.82) is 0 Å². The van der Waals surface area contributed by atoms with Gasteiger partial charge in [-0.2, -0.15) is 0 Å². The highest BCUT2D eigenvalue weighted by atomic mass is 35.5. The molecule has 5 heteroatoms. The van der Waals surface area contributed by atoms with E-state index in [1.165, 1.54) is 0 Å². The second-order valence-electron chi connectivity index (χ2n) is 5.44. The Labute approximate surface area is 142 Å². The maximum atomic E-state index is 12.4. The van der Waals surface area contributed by atoms with Crippen molar-refractivity contribution >= 4 is 23.2 Å². The van der Waals surface area contributed by atoms with Gasteiger partial charge in [-0.25, -0.2) is 0 Å². The van der Waals surface area contributed by atoms with Crippen molar-refractivity contribution in [2.24, 2.45) is 0 Å². The normalized spacial score (nSPS) is 12.0. The van der Waals surface area contributed by atoms with E-state index in [0.717, 1.165) is 11.3 Å². The Morgan fingerprint density at radius 2 is 2.00 bits per heavy atom. The van der Waals surface area contributed by atoms with Crippen LogP contribution in [0, 0.1) is 0 Å². The number of methoxy groups -OCH3 is 1.